The van der Waals surface area contributed by atoms with Crippen LogP contribution in [-0.2, 0) is 16.6 Å². The second kappa shape index (κ2) is 7.76. The Labute approximate surface area is 158 Å². The van der Waals surface area contributed by atoms with Crippen molar-refractivity contribution in [1.29, 1.82) is 0 Å². The predicted octanol–water partition coefficient (Wildman–Crippen LogP) is 4.46. The molecule has 0 spiro atoms. The average Bonchev–Trinajstić information content (AvgIpc) is 2.64. The Kier molecular flexibility index (Phi) is 5.44. The van der Waals surface area contributed by atoms with Crippen LogP contribution >= 0.6 is 11.6 Å². The molecule has 3 aromatic rings. The van der Waals surface area contributed by atoms with Gasteiger partial charge in [0, 0.05) is 22.6 Å². The fraction of sp³-hybridized carbons (Fsp3) is 0.105. The number of rotatable bonds is 6. The Morgan fingerprint density at radius 2 is 1.73 bits per heavy atom. The summed E-state index contributed by atoms with van der Waals surface area (Å²) < 4.78 is 27.5. The van der Waals surface area contributed by atoms with Gasteiger partial charge in [-0.05, 0) is 67.1 Å². The molecule has 1 aromatic heterocycles. The fourth-order valence-electron chi connectivity index (χ4n) is 2.35. The number of benzene rings is 2. The van der Waals surface area contributed by atoms with E-state index in [1.807, 2.05) is 30.3 Å². The summed E-state index contributed by atoms with van der Waals surface area (Å²) in [6, 6.07) is 17.4. The highest BCUT2D eigenvalue weighted by atomic mass is 35.5. The van der Waals surface area contributed by atoms with Crippen LogP contribution < -0.4 is 10.0 Å². The molecule has 3 rings (SSSR count). The molecule has 0 aliphatic heterocycles. The first-order valence-corrected chi connectivity index (χ1v) is 9.83. The van der Waals surface area contributed by atoms with Crippen LogP contribution in [0.15, 0.2) is 71.8 Å². The lowest BCUT2D eigenvalue weighted by molar-refractivity contribution is 0.601. The molecule has 7 heteroatoms. The monoisotopic (exact) mass is 387 g/mol. The highest BCUT2D eigenvalue weighted by Gasteiger charge is 2.15. The van der Waals surface area contributed by atoms with Crippen molar-refractivity contribution in [3.63, 3.8) is 0 Å². The van der Waals surface area contributed by atoms with Gasteiger partial charge in [0.15, 0.2) is 0 Å². The van der Waals surface area contributed by atoms with E-state index in [9.17, 15) is 8.42 Å². The molecule has 2 N–H and O–H groups in total. The molecule has 5 nitrogen and oxygen atoms in total. The molecular weight excluding hydrogens is 370 g/mol. The van der Waals surface area contributed by atoms with Gasteiger partial charge in [0.05, 0.1) is 17.1 Å². The van der Waals surface area contributed by atoms with Crippen molar-refractivity contribution in [2.75, 3.05) is 10.0 Å². The minimum atomic E-state index is -3.66. The van der Waals surface area contributed by atoms with Crippen LogP contribution in [-0.4, -0.2) is 13.4 Å². The lowest BCUT2D eigenvalue weighted by atomic mass is 10.2. The van der Waals surface area contributed by atoms with Gasteiger partial charge in [-0.25, -0.2) is 8.42 Å². The topological polar surface area (TPSA) is 71.1 Å². The molecule has 26 heavy (non-hydrogen) atoms. The molecule has 1 heterocycles. The van der Waals surface area contributed by atoms with E-state index in [-0.39, 0.29) is 4.90 Å². The zero-order chi connectivity index (χ0) is 18.6. The van der Waals surface area contributed by atoms with Crippen molar-refractivity contribution >= 4 is 33.0 Å². The van der Waals surface area contributed by atoms with Crippen LogP contribution in [0.1, 0.15) is 11.3 Å². The van der Waals surface area contributed by atoms with Gasteiger partial charge in [0.1, 0.15) is 0 Å². The van der Waals surface area contributed by atoms with Crippen LogP contribution in [0.3, 0.4) is 0 Å². The van der Waals surface area contributed by atoms with Crippen LogP contribution in [0.2, 0.25) is 5.02 Å². The number of nitrogens with one attached hydrogen (secondary N) is 2. The van der Waals surface area contributed by atoms with Crippen LogP contribution in [0.4, 0.5) is 11.4 Å². The van der Waals surface area contributed by atoms with E-state index >= 15 is 0 Å². The Bertz CT molecular complexity index is 991. The van der Waals surface area contributed by atoms with E-state index in [2.05, 4.69) is 15.0 Å². The third-order valence-electron chi connectivity index (χ3n) is 3.78. The summed E-state index contributed by atoms with van der Waals surface area (Å²) in [5.41, 5.74) is 3.00. The Morgan fingerprint density at radius 3 is 2.38 bits per heavy atom. The average molecular weight is 388 g/mol. The number of nitrogens with zero attached hydrogens (tertiary/aromatic N) is 1. The lowest BCUT2D eigenvalue weighted by Gasteiger charge is -2.11. The fourth-order valence-corrected chi connectivity index (χ4v) is 3.61. The highest BCUT2D eigenvalue weighted by molar-refractivity contribution is 7.92. The third kappa shape index (κ3) is 4.53. The molecule has 0 saturated carbocycles. The summed E-state index contributed by atoms with van der Waals surface area (Å²) in [7, 11) is -3.66. The van der Waals surface area contributed by atoms with Gasteiger partial charge in [0.25, 0.3) is 10.0 Å². The molecule has 0 aliphatic carbocycles. The number of anilines is 2. The minimum Gasteiger partial charge on any atom is -0.379 e. The van der Waals surface area contributed by atoms with E-state index in [1.54, 1.807) is 37.4 Å². The maximum atomic E-state index is 12.5. The molecule has 2 aromatic carbocycles. The van der Waals surface area contributed by atoms with Crippen molar-refractivity contribution in [2.24, 2.45) is 0 Å². The molecule has 0 bridgehead atoms. The third-order valence-corrected chi connectivity index (χ3v) is 5.58. The number of pyridine rings is 1. The van der Waals surface area contributed by atoms with Gasteiger partial charge in [-0.3, -0.25) is 9.71 Å². The van der Waals surface area contributed by atoms with Gasteiger partial charge >= 0.3 is 0 Å². The summed E-state index contributed by atoms with van der Waals surface area (Å²) in [4.78, 5) is 4.42. The van der Waals surface area contributed by atoms with Crippen molar-refractivity contribution < 1.29 is 8.42 Å². The van der Waals surface area contributed by atoms with E-state index in [0.717, 1.165) is 11.4 Å². The zero-order valence-corrected chi connectivity index (χ0v) is 15.7. The Morgan fingerprint density at radius 1 is 1.00 bits per heavy atom. The van der Waals surface area contributed by atoms with Crippen LogP contribution in [0, 0.1) is 6.92 Å². The normalized spacial score (nSPS) is 11.2. The first kappa shape index (κ1) is 18.2. The maximum Gasteiger partial charge on any atom is 0.261 e. The van der Waals surface area contributed by atoms with E-state index in [4.69, 9.17) is 11.6 Å². The van der Waals surface area contributed by atoms with E-state index in [0.29, 0.717) is 22.8 Å². The summed E-state index contributed by atoms with van der Waals surface area (Å²) >= 11 is 5.96. The molecule has 0 radical (unpaired) electrons. The Hall–Kier alpha value is -2.57. The number of aromatic nitrogens is 1. The molecule has 0 aliphatic rings. The van der Waals surface area contributed by atoms with Gasteiger partial charge in [-0.1, -0.05) is 17.7 Å². The largest absolute Gasteiger partial charge is 0.379 e. The smallest absolute Gasteiger partial charge is 0.261 e. The summed E-state index contributed by atoms with van der Waals surface area (Å²) in [6.45, 7) is 2.36. The Balaban J connectivity index is 1.67. The number of sulfonamides is 1. The molecule has 0 unspecified atom stereocenters. The summed E-state index contributed by atoms with van der Waals surface area (Å²) in [5.74, 6) is 0. The van der Waals surface area contributed by atoms with Crippen molar-refractivity contribution in [1.82, 2.24) is 4.98 Å². The lowest BCUT2D eigenvalue weighted by Crippen LogP contribution is -2.13. The summed E-state index contributed by atoms with van der Waals surface area (Å²) in [6.07, 6.45) is 1.74. The van der Waals surface area contributed by atoms with Gasteiger partial charge in [0.2, 0.25) is 0 Å². The van der Waals surface area contributed by atoms with Crippen molar-refractivity contribution in [2.45, 2.75) is 18.4 Å². The number of hydrogen-bond donors (Lipinski definition) is 2. The molecule has 0 saturated heterocycles. The standard InChI is InChI=1S/C19H18ClN3O2S/c1-14-12-18(9-10-19(14)20)26(24,25)23-16-7-5-15(6-8-16)22-13-17-4-2-3-11-21-17/h2-12,22-23H,13H2,1H3. The van der Waals surface area contributed by atoms with Crippen molar-refractivity contribution in [3.8, 4) is 0 Å². The predicted molar refractivity (Wildman–Crippen MR) is 105 cm³/mol. The van der Waals surface area contributed by atoms with Gasteiger partial charge in [-0.15, -0.1) is 0 Å². The molecule has 0 amide bonds. The SMILES string of the molecule is Cc1cc(S(=O)(=O)Nc2ccc(NCc3ccccn3)cc2)ccc1Cl. The van der Waals surface area contributed by atoms with Crippen LogP contribution in [0.25, 0.3) is 0 Å². The zero-order valence-electron chi connectivity index (χ0n) is 14.1. The minimum absolute atomic E-state index is 0.178. The van der Waals surface area contributed by atoms with Crippen molar-refractivity contribution in [3.05, 3.63) is 83.1 Å². The first-order valence-electron chi connectivity index (χ1n) is 7.97. The molecular formula is C19H18ClN3O2S. The van der Waals surface area contributed by atoms with Gasteiger partial charge < -0.3 is 5.32 Å². The number of aryl methyl sites for hydroxylation is 1. The summed E-state index contributed by atoms with van der Waals surface area (Å²) in [5, 5.41) is 3.78. The molecule has 134 valence electrons. The van der Waals surface area contributed by atoms with E-state index < -0.39 is 10.0 Å². The highest BCUT2D eigenvalue weighted by Crippen LogP contribution is 2.22. The van der Waals surface area contributed by atoms with E-state index in [1.165, 1.54) is 6.07 Å². The second-order valence-corrected chi connectivity index (χ2v) is 7.86. The quantitative estimate of drug-likeness (QED) is 0.655. The first-order chi connectivity index (χ1) is 12.4. The molecule has 0 fully saturated rings. The van der Waals surface area contributed by atoms with Crippen LogP contribution in [0.5, 0.6) is 0 Å². The van der Waals surface area contributed by atoms with Gasteiger partial charge in [-0.2, -0.15) is 0 Å². The second-order valence-electron chi connectivity index (χ2n) is 5.77. The number of halogens is 1. The molecule has 0 atom stereocenters. The maximum absolute atomic E-state index is 12.5. The number of hydrogen-bond acceptors (Lipinski definition) is 4.